The number of morpholine rings is 1. The van der Waals surface area contributed by atoms with Crippen LogP contribution in [0.4, 0.5) is 0 Å². The van der Waals surface area contributed by atoms with Crippen molar-refractivity contribution in [1.29, 1.82) is 0 Å². The Bertz CT molecular complexity index is 466. The maximum absolute atomic E-state index is 12.9. The van der Waals surface area contributed by atoms with Gasteiger partial charge >= 0.3 is 5.97 Å². The van der Waals surface area contributed by atoms with Gasteiger partial charge in [0.1, 0.15) is 6.04 Å². The van der Waals surface area contributed by atoms with Crippen molar-refractivity contribution >= 4 is 11.9 Å². The zero-order valence-electron chi connectivity index (χ0n) is 14.9. The molecule has 0 spiro atoms. The second-order valence-corrected chi connectivity index (χ2v) is 7.46. The number of rotatable bonds is 4. The summed E-state index contributed by atoms with van der Waals surface area (Å²) >= 11 is 0. The molecule has 0 bridgehead atoms. The highest BCUT2D eigenvalue weighted by Crippen LogP contribution is 2.29. The zero-order chi connectivity index (χ0) is 17.1. The lowest BCUT2D eigenvalue weighted by molar-refractivity contribution is -0.156. The summed E-state index contributed by atoms with van der Waals surface area (Å²) in [5.41, 5.74) is 0. The largest absolute Gasteiger partial charge is 0.462 e. The Morgan fingerprint density at radius 1 is 1.12 bits per heavy atom. The molecule has 1 aliphatic carbocycles. The van der Waals surface area contributed by atoms with Crippen LogP contribution in [0.1, 0.15) is 52.4 Å². The second kappa shape index (κ2) is 7.83. The Morgan fingerprint density at radius 3 is 2.71 bits per heavy atom. The van der Waals surface area contributed by atoms with Crippen molar-refractivity contribution in [3.63, 3.8) is 0 Å². The number of esters is 1. The van der Waals surface area contributed by atoms with Gasteiger partial charge in [-0.15, -0.1) is 0 Å². The molecule has 24 heavy (non-hydrogen) atoms. The van der Waals surface area contributed by atoms with Crippen LogP contribution >= 0.6 is 0 Å². The fraction of sp³-hybridized carbons (Fsp3) is 0.889. The van der Waals surface area contributed by atoms with Crippen molar-refractivity contribution in [2.75, 3.05) is 26.2 Å². The van der Waals surface area contributed by atoms with E-state index in [1.807, 2.05) is 23.6 Å². The van der Waals surface area contributed by atoms with Crippen molar-refractivity contribution in [2.24, 2.45) is 0 Å². The highest BCUT2D eigenvalue weighted by molar-refractivity contribution is 5.81. The minimum absolute atomic E-state index is 0.113. The Morgan fingerprint density at radius 2 is 1.92 bits per heavy atom. The van der Waals surface area contributed by atoms with Crippen LogP contribution in [0.3, 0.4) is 0 Å². The number of carbonyl (C=O) groups is 2. The van der Waals surface area contributed by atoms with Crippen molar-refractivity contribution in [1.82, 2.24) is 9.80 Å². The number of nitrogens with zero attached hydrogens (tertiary/aromatic N) is 2. The molecule has 0 aromatic heterocycles. The highest BCUT2D eigenvalue weighted by atomic mass is 16.5. The summed E-state index contributed by atoms with van der Waals surface area (Å²) in [6, 6.07) is -0.0387. The summed E-state index contributed by atoms with van der Waals surface area (Å²) < 4.78 is 11.2. The van der Waals surface area contributed by atoms with E-state index in [-0.39, 0.29) is 36.2 Å². The average Bonchev–Trinajstić information content (AvgIpc) is 3.02. The Balaban J connectivity index is 1.59. The number of hydrogen-bond donors (Lipinski definition) is 0. The molecular weight excluding hydrogens is 308 g/mol. The van der Waals surface area contributed by atoms with Crippen LogP contribution in [0.25, 0.3) is 0 Å². The number of ether oxygens (including phenoxy) is 2. The van der Waals surface area contributed by atoms with E-state index in [1.165, 1.54) is 12.8 Å². The quantitative estimate of drug-likeness (QED) is 0.728. The van der Waals surface area contributed by atoms with Gasteiger partial charge in [0.15, 0.2) is 0 Å². The molecule has 0 aromatic rings. The fourth-order valence-corrected chi connectivity index (χ4v) is 4.26. The van der Waals surface area contributed by atoms with Gasteiger partial charge in [-0.05, 0) is 46.1 Å². The van der Waals surface area contributed by atoms with Crippen LogP contribution in [0.5, 0.6) is 0 Å². The smallest absolute Gasteiger partial charge is 0.323 e. The molecule has 2 saturated heterocycles. The van der Waals surface area contributed by atoms with Gasteiger partial charge in [0.05, 0.1) is 31.4 Å². The minimum atomic E-state index is -0.264. The van der Waals surface area contributed by atoms with E-state index in [1.54, 1.807) is 0 Å². The Kier molecular flexibility index (Phi) is 5.76. The monoisotopic (exact) mass is 338 g/mol. The van der Waals surface area contributed by atoms with Crippen LogP contribution in [0.15, 0.2) is 0 Å². The fourth-order valence-electron chi connectivity index (χ4n) is 4.26. The summed E-state index contributed by atoms with van der Waals surface area (Å²) in [5.74, 6) is -0.0488. The van der Waals surface area contributed by atoms with Gasteiger partial charge in [-0.25, -0.2) is 0 Å². The molecule has 6 heteroatoms. The molecule has 0 aromatic carbocycles. The van der Waals surface area contributed by atoms with E-state index in [2.05, 4.69) is 0 Å². The molecule has 3 atom stereocenters. The van der Waals surface area contributed by atoms with Crippen molar-refractivity contribution in [2.45, 2.75) is 76.7 Å². The molecule has 3 aliphatic rings. The molecule has 3 rings (SSSR count). The molecule has 0 radical (unpaired) electrons. The summed E-state index contributed by atoms with van der Waals surface area (Å²) in [5, 5.41) is 0. The predicted octanol–water partition coefficient (Wildman–Crippen LogP) is 1.57. The molecule has 2 heterocycles. The zero-order valence-corrected chi connectivity index (χ0v) is 14.9. The van der Waals surface area contributed by atoms with Gasteiger partial charge < -0.3 is 14.4 Å². The SMILES string of the molecule is CC(C)OC(=O)[C@@H]1CCCN1CC(=O)N1CCOC2CCCCC21. The normalized spacial score (nSPS) is 31.1. The van der Waals surface area contributed by atoms with Gasteiger partial charge in [-0.3, -0.25) is 14.5 Å². The van der Waals surface area contributed by atoms with E-state index >= 15 is 0 Å². The van der Waals surface area contributed by atoms with Crippen LogP contribution in [0.2, 0.25) is 0 Å². The predicted molar refractivity (Wildman–Crippen MR) is 89.5 cm³/mol. The third-order valence-electron chi connectivity index (χ3n) is 5.38. The Hall–Kier alpha value is -1.14. The lowest BCUT2D eigenvalue weighted by Crippen LogP contribution is -2.57. The van der Waals surface area contributed by atoms with E-state index in [0.717, 1.165) is 32.2 Å². The van der Waals surface area contributed by atoms with Gasteiger partial charge in [0.2, 0.25) is 5.91 Å². The summed E-state index contributed by atoms with van der Waals surface area (Å²) in [7, 11) is 0. The Labute approximate surface area is 144 Å². The van der Waals surface area contributed by atoms with Crippen LogP contribution in [0, 0.1) is 0 Å². The molecule has 0 N–H and O–H groups in total. The number of likely N-dealkylation sites (tertiary alicyclic amines) is 1. The van der Waals surface area contributed by atoms with Crippen molar-refractivity contribution in [3.8, 4) is 0 Å². The van der Waals surface area contributed by atoms with Gasteiger partial charge in [0.25, 0.3) is 0 Å². The third-order valence-corrected chi connectivity index (χ3v) is 5.38. The molecule has 3 fully saturated rings. The lowest BCUT2D eigenvalue weighted by atomic mass is 9.90. The number of hydrogen-bond acceptors (Lipinski definition) is 5. The number of amides is 1. The van der Waals surface area contributed by atoms with E-state index in [9.17, 15) is 9.59 Å². The maximum Gasteiger partial charge on any atom is 0.323 e. The topological polar surface area (TPSA) is 59.1 Å². The van der Waals surface area contributed by atoms with Gasteiger partial charge in [-0.1, -0.05) is 12.8 Å². The first-order valence-corrected chi connectivity index (χ1v) is 9.42. The maximum atomic E-state index is 12.9. The number of carbonyl (C=O) groups excluding carboxylic acids is 2. The molecule has 6 nitrogen and oxygen atoms in total. The summed E-state index contributed by atoms with van der Waals surface area (Å²) in [6.45, 7) is 6.14. The lowest BCUT2D eigenvalue weighted by Gasteiger charge is -2.44. The third kappa shape index (κ3) is 3.91. The first kappa shape index (κ1) is 17.7. The first-order chi connectivity index (χ1) is 11.6. The average molecular weight is 338 g/mol. The second-order valence-electron chi connectivity index (χ2n) is 7.46. The van der Waals surface area contributed by atoms with Crippen molar-refractivity contribution < 1.29 is 19.1 Å². The van der Waals surface area contributed by atoms with Crippen molar-refractivity contribution in [3.05, 3.63) is 0 Å². The molecule has 1 saturated carbocycles. The van der Waals surface area contributed by atoms with E-state index < -0.39 is 0 Å². The van der Waals surface area contributed by atoms with Crippen LogP contribution < -0.4 is 0 Å². The molecule has 1 amide bonds. The van der Waals surface area contributed by atoms with Crippen LogP contribution in [-0.4, -0.2) is 72.2 Å². The summed E-state index contributed by atoms with van der Waals surface area (Å²) in [4.78, 5) is 29.1. The van der Waals surface area contributed by atoms with Crippen LogP contribution in [-0.2, 0) is 19.1 Å². The minimum Gasteiger partial charge on any atom is -0.462 e. The standard InChI is InChI=1S/C18H30N2O4/c1-13(2)24-18(22)15-7-5-9-19(15)12-17(21)20-10-11-23-16-8-4-3-6-14(16)20/h13-16H,3-12H2,1-2H3/t14?,15-,16?/m0/s1. The van der Waals surface area contributed by atoms with E-state index in [4.69, 9.17) is 9.47 Å². The molecular formula is C18H30N2O4. The van der Waals surface area contributed by atoms with E-state index in [0.29, 0.717) is 19.7 Å². The first-order valence-electron chi connectivity index (χ1n) is 9.42. The number of fused-ring (bicyclic) bond motifs is 1. The molecule has 2 unspecified atom stereocenters. The highest BCUT2D eigenvalue weighted by Gasteiger charge is 2.39. The molecule has 2 aliphatic heterocycles. The van der Waals surface area contributed by atoms with Gasteiger partial charge in [0, 0.05) is 6.54 Å². The summed E-state index contributed by atoms with van der Waals surface area (Å²) in [6.07, 6.45) is 6.28. The molecule has 136 valence electrons. The van der Waals surface area contributed by atoms with Gasteiger partial charge in [-0.2, -0.15) is 0 Å².